The largest absolute Gasteiger partial charge is 0.493 e. The Bertz CT molecular complexity index is 1170. The molecule has 0 aliphatic carbocycles. The Kier molecular flexibility index (Phi) is 6.86. The smallest absolute Gasteiger partial charge is 0.271 e. The third-order valence-electron chi connectivity index (χ3n) is 5.11. The molecule has 32 heavy (non-hydrogen) atoms. The van der Waals surface area contributed by atoms with Crippen LogP contribution in [0.4, 0.5) is 0 Å². The first-order valence-electron chi connectivity index (χ1n) is 9.58. The summed E-state index contributed by atoms with van der Waals surface area (Å²) < 4.78 is 16.1. The molecule has 0 atom stereocenters. The molecule has 0 saturated heterocycles. The van der Waals surface area contributed by atoms with Crippen molar-refractivity contribution in [2.75, 3.05) is 21.3 Å². The van der Waals surface area contributed by atoms with Crippen molar-refractivity contribution in [2.24, 2.45) is 0 Å². The van der Waals surface area contributed by atoms with Crippen LogP contribution in [-0.2, 0) is 16.1 Å². The molecule has 2 aromatic carbocycles. The summed E-state index contributed by atoms with van der Waals surface area (Å²) in [5.74, 6) is 0.0472. The number of carbonyl (C=O) groups excluding carboxylic acids is 2. The summed E-state index contributed by atoms with van der Waals surface area (Å²) in [5, 5.41) is 10.0. The number of hydrogen-bond donors (Lipinski definition) is 0. The van der Waals surface area contributed by atoms with Crippen LogP contribution >= 0.6 is 11.6 Å². The lowest BCUT2D eigenvalue weighted by molar-refractivity contribution is -0.141. The molecular formula is C24H21ClN2O5. The van der Waals surface area contributed by atoms with E-state index in [-0.39, 0.29) is 17.7 Å². The Morgan fingerprint density at radius 2 is 1.66 bits per heavy atom. The monoisotopic (exact) mass is 452 g/mol. The van der Waals surface area contributed by atoms with Gasteiger partial charge in [-0.1, -0.05) is 29.8 Å². The molecule has 1 aliphatic rings. The molecule has 2 aromatic rings. The second kappa shape index (κ2) is 9.58. The summed E-state index contributed by atoms with van der Waals surface area (Å²) in [6.07, 6.45) is 1.59. The van der Waals surface area contributed by atoms with E-state index in [1.807, 2.05) is 6.07 Å². The average molecular weight is 453 g/mol. The van der Waals surface area contributed by atoms with Crippen molar-refractivity contribution in [1.29, 1.82) is 5.26 Å². The second-order valence-electron chi connectivity index (χ2n) is 6.92. The minimum atomic E-state index is -0.656. The van der Waals surface area contributed by atoms with E-state index in [4.69, 9.17) is 25.8 Å². The number of rotatable bonds is 6. The highest BCUT2D eigenvalue weighted by molar-refractivity contribution is 6.31. The van der Waals surface area contributed by atoms with Crippen LogP contribution in [0.2, 0.25) is 5.02 Å². The summed E-state index contributed by atoms with van der Waals surface area (Å²) >= 11 is 6.22. The lowest BCUT2D eigenvalue weighted by atomic mass is 9.93. The number of halogens is 1. The maximum atomic E-state index is 13.3. The number of nitrogens with zero attached hydrogens (tertiary/aromatic N) is 2. The van der Waals surface area contributed by atoms with Crippen LogP contribution in [0, 0.1) is 11.3 Å². The molecule has 3 rings (SSSR count). The van der Waals surface area contributed by atoms with Crippen molar-refractivity contribution in [1.82, 2.24) is 4.90 Å². The number of benzene rings is 2. The molecule has 1 heterocycles. The maximum absolute atomic E-state index is 13.3. The Labute approximate surface area is 191 Å². The van der Waals surface area contributed by atoms with Crippen LogP contribution in [0.3, 0.4) is 0 Å². The van der Waals surface area contributed by atoms with Crippen molar-refractivity contribution in [2.45, 2.75) is 13.5 Å². The van der Waals surface area contributed by atoms with Crippen molar-refractivity contribution < 1.29 is 23.8 Å². The van der Waals surface area contributed by atoms with Gasteiger partial charge in [-0.2, -0.15) is 5.26 Å². The van der Waals surface area contributed by atoms with Gasteiger partial charge in [0.1, 0.15) is 11.6 Å². The number of methoxy groups -OCH3 is 3. The molecule has 7 nitrogen and oxygen atoms in total. The zero-order chi connectivity index (χ0) is 23.4. The molecule has 0 spiro atoms. The van der Waals surface area contributed by atoms with Crippen LogP contribution in [0.15, 0.2) is 53.1 Å². The minimum Gasteiger partial charge on any atom is -0.493 e. The number of nitriles is 1. The highest BCUT2D eigenvalue weighted by atomic mass is 35.5. The minimum absolute atomic E-state index is 0.0532. The third kappa shape index (κ3) is 4.18. The van der Waals surface area contributed by atoms with E-state index in [0.29, 0.717) is 39.0 Å². The number of ether oxygens (including phenoxy) is 3. The first-order chi connectivity index (χ1) is 15.4. The molecule has 0 bridgehead atoms. The number of imide groups is 1. The summed E-state index contributed by atoms with van der Waals surface area (Å²) in [5.41, 5.74) is 1.58. The van der Waals surface area contributed by atoms with Gasteiger partial charge in [-0.05, 0) is 47.9 Å². The normalized spacial score (nSPS) is 15.1. The fraction of sp³-hybridized carbons (Fsp3) is 0.208. The van der Waals surface area contributed by atoms with Gasteiger partial charge in [0, 0.05) is 10.6 Å². The van der Waals surface area contributed by atoms with Crippen molar-refractivity contribution in [3.05, 3.63) is 69.3 Å². The molecule has 0 radical (unpaired) electrons. The molecule has 0 unspecified atom stereocenters. The van der Waals surface area contributed by atoms with Crippen LogP contribution in [-0.4, -0.2) is 38.0 Å². The molecule has 0 N–H and O–H groups in total. The Morgan fingerprint density at radius 3 is 2.19 bits per heavy atom. The lowest BCUT2D eigenvalue weighted by Crippen LogP contribution is -2.42. The number of amides is 2. The van der Waals surface area contributed by atoms with Gasteiger partial charge in [-0.25, -0.2) is 0 Å². The van der Waals surface area contributed by atoms with Gasteiger partial charge in [-0.3, -0.25) is 14.5 Å². The molecule has 8 heteroatoms. The predicted octanol–water partition coefficient (Wildman–Crippen LogP) is 4.16. The van der Waals surface area contributed by atoms with E-state index in [1.54, 1.807) is 49.4 Å². The summed E-state index contributed by atoms with van der Waals surface area (Å²) in [6.45, 7) is 1.52. The fourth-order valence-electron chi connectivity index (χ4n) is 3.42. The second-order valence-corrected chi connectivity index (χ2v) is 7.32. The molecule has 1 aliphatic heterocycles. The van der Waals surface area contributed by atoms with Gasteiger partial charge in [0.05, 0.1) is 27.9 Å². The molecule has 164 valence electrons. The summed E-state index contributed by atoms with van der Waals surface area (Å²) in [4.78, 5) is 27.2. The predicted molar refractivity (Wildman–Crippen MR) is 119 cm³/mol. The Morgan fingerprint density at radius 1 is 1.03 bits per heavy atom. The maximum Gasteiger partial charge on any atom is 0.271 e. The van der Waals surface area contributed by atoms with E-state index < -0.39 is 11.8 Å². The van der Waals surface area contributed by atoms with Gasteiger partial charge in [0.25, 0.3) is 11.8 Å². The molecule has 0 saturated carbocycles. The van der Waals surface area contributed by atoms with E-state index in [1.165, 1.54) is 21.3 Å². The molecule has 2 amide bonds. The van der Waals surface area contributed by atoms with Gasteiger partial charge in [-0.15, -0.1) is 0 Å². The van der Waals surface area contributed by atoms with Crippen LogP contribution in [0.5, 0.6) is 17.2 Å². The topological polar surface area (TPSA) is 88.9 Å². The number of carbonyl (C=O) groups is 2. The number of hydrogen-bond acceptors (Lipinski definition) is 6. The van der Waals surface area contributed by atoms with Crippen LogP contribution in [0.1, 0.15) is 18.1 Å². The molecular weight excluding hydrogens is 432 g/mol. The van der Waals surface area contributed by atoms with Gasteiger partial charge < -0.3 is 14.2 Å². The highest BCUT2D eigenvalue weighted by Crippen LogP contribution is 2.39. The first kappa shape index (κ1) is 22.9. The average Bonchev–Trinajstić information content (AvgIpc) is 2.80. The van der Waals surface area contributed by atoms with Gasteiger partial charge in [0.15, 0.2) is 11.5 Å². The van der Waals surface area contributed by atoms with E-state index in [2.05, 4.69) is 0 Å². The quantitative estimate of drug-likeness (QED) is 0.483. The lowest BCUT2D eigenvalue weighted by Gasteiger charge is -2.28. The Balaban J connectivity index is 2.13. The van der Waals surface area contributed by atoms with Crippen molar-refractivity contribution in [3.8, 4) is 23.3 Å². The first-order valence-corrected chi connectivity index (χ1v) is 9.96. The summed E-state index contributed by atoms with van der Waals surface area (Å²) in [7, 11) is 4.47. The highest BCUT2D eigenvalue weighted by Gasteiger charge is 2.35. The summed E-state index contributed by atoms with van der Waals surface area (Å²) in [6, 6.07) is 12.2. The van der Waals surface area contributed by atoms with E-state index in [9.17, 15) is 14.9 Å². The third-order valence-corrected chi connectivity index (χ3v) is 5.48. The van der Waals surface area contributed by atoms with Crippen molar-refractivity contribution in [3.63, 3.8) is 0 Å². The van der Waals surface area contributed by atoms with Crippen LogP contribution in [0.25, 0.3) is 6.08 Å². The molecule has 0 fully saturated rings. The zero-order valence-electron chi connectivity index (χ0n) is 18.1. The van der Waals surface area contributed by atoms with Crippen molar-refractivity contribution >= 4 is 29.5 Å². The van der Waals surface area contributed by atoms with Crippen LogP contribution < -0.4 is 14.2 Å². The Hall–Kier alpha value is -3.76. The fourth-order valence-corrected chi connectivity index (χ4v) is 3.62. The standard InChI is InChI=1S/C24H21ClN2O5/c1-14-17(9-15-10-20(30-2)22(32-4)21(11-15)31-3)23(28)27(24(29)18(14)12-26)13-16-7-5-6-8-19(16)25/h5-11H,13H2,1-4H3/b17-9+. The van der Waals surface area contributed by atoms with E-state index in [0.717, 1.165) is 4.90 Å². The SMILES string of the molecule is COc1cc(/C=C2/C(=O)N(Cc3ccccc3Cl)C(=O)C(C#N)=C2C)cc(OC)c1OC. The van der Waals surface area contributed by atoms with Gasteiger partial charge in [0.2, 0.25) is 5.75 Å². The van der Waals surface area contributed by atoms with Gasteiger partial charge >= 0.3 is 0 Å². The molecule has 0 aromatic heterocycles. The zero-order valence-corrected chi connectivity index (χ0v) is 18.8. The van der Waals surface area contributed by atoms with E-state index >= 15 is 0 Å².